The zero-order valence-electron chi connectivity index (χ0n) is 17.3. The van der Waals surface area contributed by atoms with E-state index >= 15 is 0 Å². The third-order valence-electron chi connectivity index (χ3n) is 3.42. The number of rotatable bonds is 10. The molecule has 10 heteroatoms. The maximum absolute atomic E-state index is 11.9. The fourth-order valence-electron chi connectivity index (χ4n) is 2.19. The molecule has 0 saturated heterocycles. The summed E-state index contributed by atoms with van der Waals surface area (Å²) in [6.45, 7) is 5.39. The summed E-state index contributed by atoms with van der Waals surface area (Å²) >= 11 is 0. The molecule has 0 aromatic heterocycles. The average molecular weight is 431 g/mol. The maximum atomic E-state index is 11.9. The zero-order valence-corrected chi connectivity index (χ0v) is 18.1. The Balaban J connectivity index is 2.39. The summed E-state index contributed by atoms with van der Waals surface area (Å²) in [5.41, 5.74) is 0.193. The highest BCUT2D eigenvalue weighted by molar-refractivity contribution is 7.85. The lowest BCUT2D eigenvalue weighted by atomic mass is 10.1. The number of hydrogen-bond acceptors (Lipinski definition) is 7. The lowest BCUT2D eigenvalue weighted by Crippen LogP contribution is -2.42. The van der Waals surface area contributed by atoms with Crippen LogP contribution in [-0.2, 0) is 30.4 Å². The minimum atomic E-state index is -3.65. The predicted octanol–water partition coefficient (Wildman–Crippen LogP) is 2.56. The van der Waals surface area contributed by atoms with Gasteiger partial charge in [0.25, 0.3) is 10.1 Å². The second-order valence-corrected chi connectivity index (χ2v) is 9.11. The van der Waals surface area contributed by atoms with Crippen molar-refractivity contribution in [1.29, 1.82) is 0 Å². The molecule has 1 aromatic rings. The monoisotopic (exact) mass is 430 g/mol. The third kappa shape index (κ3) is 13.5. The Morgan fingerprint density at radius 2 is 1.76 bits per heavy atom. The van der Waals surface area contributed by atoms with E-state index in [4.69, 9.17) is 13.7 Å². The molecule has 0 saturated carbocycles. The van der Waals surface area contributed by atoms with Gasteiger partial charge in [0.2, 0.25) is 0 Å². The first kappa shape index (κ1) is 24.7. The van der Waals surface area contributed by atoms with E-state index in [1.54, 1.807) is 20.8 Å². The first-order chi connectivity index (χ1) is 13.4. The summed E-state index contributed by atoms with van der Waals surface area (Å²) < 4.78 is 37.5. The Bertz CT molecular complexity index is 746. The van der Waals surface area contributed by atoms with E-state index in [1.807, 2.05) is 30.3 Å². The largest absolute Gasteiger partial charge is 0.445 e. The molecule has 2 N–H and O–H groups in total. The minimum Gasteiger partial charge on any atom is -0.445 e. The van der Waals surface area contributed by atoms with Crippen LogP contribution in [-0.4, -0.2) is 51.7 Å². The van der Waals surface area contributed by atoms with Crippen LogP contribution in [0.1, 0.15) is 39.2 Å². The van der Waals surface area contributed by atoms with Crippen LogP contribution in [0.2, 0.25) is 0 Å². The molecule has 0 aliphatic carbocycles. The number of ether oxygens (including phenoxy) is 2. The normalized spacial score (nSPS) is 12.7. The molecule has 0 bridgehead atoms. The Morgan fingerprint density at radius 1 is 1.10 bits per heavy atom. The van der Waals surface area contributed by atoms with Crippen LogP contribution in [0.5, 0.6) is 0 Å². The average Bonchev–Trinajstić information content (AvgIpc) is 2.60. The highest BCUT2D eigenvalue weighted by Gasteiger charge is 2.20. The summed E-state index contributed by atoms with van der Waals surface area (Å²) in [6, 6.07) is 8.68. The van der Waals surface area contributed by atoms with Crippen LogP contribution in [0.4, 0.5) is 9.59 Å². The van der Waals surface area contributed by atoms with Gasteiger partial charge in [-0.05, 0) is 39.2 Å². The molecule has 0 fully saturated rings. The number of hydrogen-bond donors (Lipinski definition) is 2. The minimum absolute atomic E-state index is 0.164. The Kier molecular flexibility index (Phi) is 9.90. The number of nitrogens with one attached hydrogen (secondary N) is 2. The molecule has 2 amide bonds. The molecule has 0 unspecified atom stereocenters. The molecule has 0 radical (unpaired) electrons. The van der Waals surface area contributed by atoms with Gasteiger partial charge >= 0.3 is 12.2 Å². The van der Waals surface area contributed by atoms with Crippen molar-refractivity contribution in [3.05, 3.63) is 35.9 Å². The van der Waals surface area contributed by atoms with E-state index in [2.05, 4.69) is 10.6 Å². The quantitative estimate of drug-likeness (QED) is 0.432. The third-order valence-corrected chi connectivity index (χ3v) is 3.98. The van der Waals surface area contributed by atoms with Gasteiger partial charge < -0.3 is 20.1 Å². The van der Waals surface area contributed by atoms with Gasteiger partial charge in [-0.15, -0.1) is 0 Å². The van der Waals surface area contributed by atoms with E-state index in [9.17, 15) is 18.0 Å². The number of amides is 2. The van der Waals surface area contributed by atoms with E-state index in [1.165, 1.54) is 0 Å². The van der Waals surface area contributed by atoms with Gasteiger partial charge in [-0.2, -0.15) is 8.42 Å². The summed E-state index contributed by atoms with van der Waals surface area (Å²) in [6.07, 6.45) is 0.538. The molecule has 9 nitrogen and oxygen atoms in total. The zero-order chi connectivity index (χ0) is 21.9. The van der Waals surface area contributed by atoms with Crippen LogP contribution < -0.4 is 10.6 Å². The molecule has 0 aliphatic rings. The smallest absolute Gasteiger partial charge is 0.407 e. The predicted molar refractivity (Wildman–Crippen MR) is 108 cm³/mol. The van der Waals surface area contributed by atoms with Crippen molar-refractivity contribution in [2.45, 2.75) is 51.9 Å². The summed E-state index contributed by atoms with van der Waals surface area (Å²) in [5, 5.41) is 5.19. The Hall–Kier alpha value is -2.33. The van der Waals surface area contributed by atoms with E-state index in [0.29, 0.717) is 19.4 Å². The number of carbonyl (C=O) groups excluding carboxylic acids is 2. The number of carbonyl (C=O) groups is 2. The number of benzene rings is 1. The van der Waals surface area contributed by atoms with Crippen molar-refractivity contribution in [3.63, 3.8) is 0 Å². The SMILES string of the molecule is CC(C)(C)OC(=O)N[C@@H](CCCNC(=O)OCc1ccccc1)COS(C)(=O)=O. The van der Waals surface area contributed by atoms with Crippen LogP contribution in [0.3, 0.4) is 0 Å². The van der Waals surface area contributed by atoms with Crippen molar-refractivity contribution >= 4 is 22.3 Å². The van der Waals surface area contributed by atoms with Crippen molar-refractivity contribution in [3.8, 4) is 0 Å². The van der Waals surface area contributed by atoms with Gasteiger partial charge in [-0.25, -0.2) is 9.59 Å². The highest BCUT2D eigenvalue weighted by Crippen LogP contribution is 2.08. The van der Waals surface area contributed by atoms with Gasteiger partial charge in [0.1, 0.15) is 12.2 Å². The molecule has 29 heavy (non-hydrogen) atoms. The summed E-state index contributed by atoms with van der Waals surface area (Å²) in [5.74, 6) is 0. The van der Waals surface area contributed by atoms with E-state index in [-0.39, 0.29) is 13.2 Å². The molecule has 0 spiro atoms. The van der Waals surface area contributed by atoms with Gasteiger partial charge in [0.05, 0.1) is 18.9 Å². The second kappa shape index (κ2) is 11.6. The van der Waals surface area contributed by atoms with Crippen molar-refractivity contribution in [2.24, 2.45) is 0 Å². The topological polar surface area (TPSA) is 120 Å². The second-order valence-electron chi connectivity index (χ2n) is 7.46. The molecule has 1 rings (SSSR count). The van der Waals surface area contributed by atoms with Crippen LogP contribution in [0.15, 0.2) is 30.3 Å². The Labute approximate surface area is 172 Å². The fraction of sp³-hybridized carbons (Fsp3) is 0.579. The molecule has 1 atom stereocenters. The van der Waals surface area contributed by atoms with E-state index in [0.717, 1.165) is 11.8 Å². The summed E-state index contributed by atoms with van der Waals surface area (Å²) in [7, 11) is -3.65. The van der Waals surface area contributed by atoms with Gasteiger partial charge in [-0.1, -0.05) is 30.3 Å². The molecule has 164 valence electrons. The van der Waals surface area contributed by atoms with Gasteiger partial charge in [0.15, 0.2) is 0 Å². The highest BCUT2D eigenvalue weighted by atomic mass is 32.2. The molecule has 0 aliphatic heterocycles. The summed E-state index contributed by atoms with van der Waals surface area (Å²) in [4.78, 5) is 23.7. The van der Waals surface area contributed by atoms with Crippen LogP contribution in [0, 0.1) is 0 Å². The fourth-order valence-corrected chi connectivity index (χ4v) is 2.60. The first-order valence-electron chi connectivity index (χ1n) is 9.23. The first-order valence-corrected chi connectivity index (χ1v) is 11.0. The molecule has 0 heterocycles. The lowest BCUT2D eigenvalue weighted by molar-refractivity contribution is 0.0484. The molecule has 1 aromatic carbocycles. The van der Waals surface area contributed by atoms with Crippen molar-refractivity contribution in [2.75, 3.05) is 19.4 Å². The van der Waals surface area contributed by atoms with Gasteiger partial charge in [0, 0.05) is 6.54 Å². The standard InChI is InChI=1S/C19H30N2O7S/c1-19(2,3)28-18(23)21-16(14-27-29(4,24)25)11-8-12-20-17(22)26-13-15-9-6-5-7-10-15/h5-7,9-10,16H,8,11-14H2,1-4H3,(H,20,22)(H,21,23)/t16-/m0/s1. The Morgan fingerprint density at radius 3 is 2.34 bits per heavy atom. The molecular formula is C19H30N2O7S. The number of alkyl carbamates (subject to hydrolysis) is 2. The maximum Gasteiger partial charge on any atom is 0.407 e. The van der Waals surface area contributed by atoms with Crippen LogP contribution in [0.25, 0.3) is 0 Å². The molecular weight excluding hydrogens is 400 g/mol. The van der Waals surface area contributed by atoms with Crippen molar-refractivity contribution < 1.29 is 31.7 Å². The van der Waals surface area contributed by atoms with E-state index < -0.39 is 33.9 Å². The van der Waals surface area contributed by atoms with Gasteiger partial charge in [-0.3, -0.25) is 4.18 Å². The van der Waals surface area contributed by atoms with Crippen molar-refractivity contribution in [1.82, 2.24) is 10.6 Å². The lowest BCUT2D eigenvalue weighted by Gasteiger charge is -2.23. The van der Waals surface area contributed by atoms with Crippen LogP contribution >= 0.6 is 0 Å².